The fourth-order valence-electron chi connectivity index (χ4n) is 2.30. The van der Waals surface area contributed by atoms with Crippen molar-refractivity contribution in [2.75, 3.05) is 33.4 Å². The number of morpholine rings is 1. The van der Waals surface area contributed by atoms with E-state index in [0.29, 0.717) is 25.5 Å². The minimum atomic E-state index is -0.564. The predicted molar refractivity (Wildman–Crippen MR) is 75.3 cm³/mol. The topological polar surface area (TPSA) is 67.9 Å². The number of methoxy groups -OCH3 is 1. The Hall–Kier alpha value is -1.14. The number of hydrogen-bond donors (Lipinski definition) is 1. The second kappa shape index (κ2) is 8.21. The largest absolute Gasteiger partial charge is 0.467 e. The Morgan fingerprint density at radius 2 is 2.15 bits per heavy atom. The molecule has 0 aromatic rings. The Morgan fingerprint density at radius 1 is 1.45 bits per heavy atom. The SMILES string of the molecule is COC(=O)C(CC(C)C)NC(=O)CN1CCOC(C)C1. The van der Waals surface area contributed by atoms with Crippen molar-refractivity contribution in [2.45, 2.75) is 39.3 Å². The Morgan fingerprint density at radius 3 is 2.70 bits per heavy atom. The summed E-state index contributed by atoms with van der Waals surface area (Å²) in [4.78, 5) is 25.7. The van der Waals surface area contributed by atoms with Crippen LogP contribution in [0, 0.1) is 5.92 Å². The molecule has 1 aliphatic rings. The number of nitrogens with one attached hydrogen (secondary N) is 1. The smallest absolute Gasteiger partial charge is 0.328 e. The number of hydrogen-bond acceptors (Lipinski definition) is 5. The van der Waals surface area contributed by atoms with Gasteiger partial charge < -0.3 is 14.8 Å². The van der Waals surface area contributed by atoms with Crippen molar-refractivity contribution < 1.29 is 19.1 Å². The van der Waals surface area contributed by atoms with Crippen molar-refractivity contribution in [1.29, 1.82) is 0 Å². The van der Waals surface area contributed by atoms with Gasteiger partial charge in [0.05, 0.1) is 26.4 Å². The highest BCUT2D eigenvalue weighted by molar-refractivity contribution is 5.85. The fraction of sp³-hybridized carbons (Fsp3) is 0.857. The van der Waals surface area contributed by atoms with E-state index >= 15 is 0 Å². The zero-order valence-corrected chi connectivity index (χ0v) is 12.8. The molecule has 116 valence electrons. The molecule has 1 rings (SSSR count). The summed E-state index contributed by atoms with van der Waals surface area (Å²) >= 11 is 0. The molecule has 1 N–H and O–H groups in total. The van der Waals surface area contributed by atoms with Gasteiger partial charge in [0.1, 0.15) is 6.04 Å². The molecule has 20 heavy (non-hydrogen) atoms. The number of carbonyl (C=O) groups is 2. The summed E-state index contributed by atoms with van der Waals surface area (Å²) in [5, 5.41) is 2.77. The number of carbonyl (C=O) groups excluding carboxylic acids is 2. The van der Waals surface area contributed by atoms with E-state index < -0.39 is 6.04 Å². The summed E-state index contributed by atoms with van der Waals surface area (Å²) in [5.41, 5.74) is 0. The van der Waals surface area contributed by atoms with Crippen LogP contribution >= 0.6 is 0 Å². The third-order valence-corrected chi connectivity index (χ3v) is 3.22. The van der Waals surface area contributed by atoms with E-state index in [9.17, 15) is 9.59 Å². The lowest BCUT2D eigenvalue weighted by Crippen LogP contribution is -2.49. The van der Waals surface area contributed by atoms with Crippen molar-refractivity contribution >= 4 is 11.9 Å². The van der Waals surface area contributed by atoms with E-state index in [1.54, 1.807) is 0 Å². The van der Waals surface area contributed by atoms with Gasteiger partial charge in [-0.2, -0.15) is 0 Å². The highest BCUT2D eigenvalue weighted by Crippen LogP contribution is 2.07. The maximum Gasteiger partial charge on any atom is 0.328 e. The van der Waals surface area contributed by atoms with Crippen LogP contribution in [0.3, 0.4) is 0 Å². The number of amides is 1. The third-order valence-electron chi connectivity index (χ3n) is 3.22. The van der Waals surface area contributed by atoms with E-state index in [-0.39, 0.29) is 18.0 Å². The molecule has 0 bridgehead atoms. The second-order valence-electron chi connectivity index (χ2n) is 5.69. The summed E-state index contributed by atoms with van der Waals surface area (Å²) in [6, 6.07) is -0.564. The number of nitrogens with zero attached hydrogens (tertiary/aromatic N) is 1. The molecule has 2 unspecified atom stereocenters. The first kappa shape index (κ1) is 16.9. The van der Waals surface area contributed by atoms with Gasteiger partial charge in [0.25, 0.3) is 0 Å². The van der Waals surface area contributed by atoms with Crippen LogP contribution < -0.4 is 5.32 Å². The Balaban J connectivity index is 2.46. The van der Waals surface area contributed by atoms with Crippen molar-refractivity contribution in [3.63, 3.8) is 0 Å². The van der Waals surface area contributed by atoms with Crippen molar-refractivity contribution in [3.05, 3.63) is 0 Å². The first-order valence-electron chi connectivity index (χ1n) is 7.13. The van der Waals surface area contributed by atoms with Gasteiger partial charge in [0, 0.05) is 13.1 Å². The minimum absolute atomic E-state index is 0.142. The van der Waals surface area contributed by atoms with Gasteiger partial charge in [0.15, 0.2) is 0 Å². The summed E-state index contributed by atoms with van der Waals surface area (Å²) < 4.78 is 10.2. The quantitative estimate of drug-likeness (QED) is 0.716. The van der Waals surface area contributed by atoms with Gasteiger partial charge in [-0.1, -0.05) is 13.8 Å². The van der Waals surface area contributed by atoms with E-state index in [2.05, 4.69) is 5.32 Å². The van der Waals surface area contributed by atoms with Crippen LogP contribution in [0.4, 0.5) is 0 Å². The average molecular weight is 286 g/mol. The molecule has 0 aromatic carbocycles. The van der Waals surface area contributed by atoms with Crippen LogP contribution in [-0.4, -0.2) is 62.3 Å². The molecule has 6 heteroatoms. The molecule has 0 radical (unpaired) electrons. The molecule has 1 amide bonds. The van der Waals surface area contributed by atoms with E-state index in [0.717, 1.165) is 13.1 Å². The summed E-state index contributed by atoms with van der Waals surface area (Å²) in [6.45, 7) is 8.41. The standard InChI is InChI=1S/C14H26N2O4/c1-10(2)7-12(14(18)19-4)15-13(17)9-16-5-6-20-11(3)8-16/h10-12H,5-9H2,1-4H3,(H,15,17). The van der Waals surface area contributed by atoms with Crippen LogP contribution in [-0.2, 0) is 19.1 Å². The van der Waals surface area contributed by atoms with Gasteiger partial charge in [-0.25, -0.2) is 4.79 Å². The van der Waals surface area contributed by atoms with Gasteiger partial charge in [-0.15, -0.1) is 0 Å². The highest BCUT2D eigenvalue weighted by Gasteiger charge is 2.24. The zero-order chi connectivity index (χ0) is 15.1. The van der Waals surface area contributed by atoms with E-state index in [4.69, 9.17) is 9.47 Å². The molecule has 0 saturated carbocycles. The number of esters is 1. The molecule has 1 saturated heterocycles. The minimum Gasteiger partial charge on any atom is -0.467 e. The molecule has 1 aliphatic heterocycles. The van der Waals surface area contributed by atoms with Crippen molar-refractivity contribution in [2.24, 2.45) is 5.92 Å². The van der Waals surface area contributed by atoms with Gasteiger partial charge in [0.2, 0.25) is 5.91 Å². The number of ether oxygens (including phenoxy) is 2. The highest BCUT2D eigenvalue weighted by atomic mass is 16.5. The molecule has 0 aliphatic carbocycles. The van der Waals surface area contributed by atoms with Gasteiger partial charge in [-0.05, 0) is 19.3 Å². The van der Waals surface area contributed by atoms with Crippen LogP contribution in [0.5, 0.6) is 0 Å². The number of rotatable bonds is 6. The Labute approximate surface area is 120 Å². The van der Waals surface area contributed by atoms with Gasteiger partial charge >= 0.3 is 5.97 Å². The van der Waals surface area contributed by atoms with E-state index in [1.807, 2.05) is 25.7 Å². The maximum atomic E-state index is 12.0. The lowest BCUT2D eigenvalue weighted by Gasteiger charge is -2.30. The van der Waals surface area contributed by atoms with Crippen LogP contribution in [0.25, 0.3) is 0 Å². The first-order chi connectivity index (χ1) is 9.42. The van der Waals surface area contributed by atoms with Crippen molar-refractivity contribution in [3.8, 4) is 0 Å². The van der Waals surface area contributed by atoms with E-state index in [1.165, 1.54) is 7.11 Å². The zero-order valence-electron chi connectivity index (χ0n) is 12.8. The molecule has 0 aromatic heterocycles. The molecule has 6 nitrogen and oxygen atoms in total. The molecule has 0 spiro atoms. The maximum absolute atomic E-state index is 12.0. The average Bonchev–Trinajstić information content (AvgIpc) is 2.36. The molecule has 1 fully saturated rings. The van der Waals surface area contributed by atoms with Crippen LogP contribution in [0.15, 0.2) is 0 Å². The second-order valence-corrected chi connectivity index (χ2v) is 5.69. The van der Waals surface area contributed by atoms with Gasteiger partial charge in [-0.3, -0.25) is 9.69 Å². The van der Waals surface area contributed by atoms with Crippen LogP contribution in [0.2, 0.25) is 0 Å². The molecular weight excluding hydrogens is 260 g/mol. The molecular formula is C14H26N2O4. The van der Waals surface area contributed by atoms with Crippen LogP contribution in [0.1, 0.15) is 27.2 Å². The first-order valence-corrected chi connectivity index (χ1v) is 7.13. The normalized spacial score (nSPS) is 21.6. The monoisotopic (exact) mass is 286 g/mol. The fourth-order valence-corrected chi connectivity index (χ4v) is 2.30. The lowest BCUT2D eigenvalue weighted by molar-refractivity contribution is -0.145. The predicted octanol–water partition coefficient (Wildman–Crippen LogP) is 0.411. The summed E-state index contributed by atoms with van der Waals surface area (Å²) in [5.74, 6) is -0.222. The Kier molecular flexibility index (Phi) is 6.95. The van der Waals surface area contributed by atoms with Crippen molar-refractivity contribution in [1.82, 2.24) is 10.2 Å². The molecule has 2 atom stereocenters. The third kappa shape index (κ3) is 5.88. The summed E-state index contributed by atoms with van der Waals surface area (Å²) in [6.07, 6.45) is 0.724. The molecule has 1 heterocycles. The summed E-state index contributed by atoms with van der Waals surface area (Å²) in [7, 11) is 1.34. The Bertz CT molecular complexity index is 333. The lowest BCUT2D eigenvalue weighted by atomic mass is 10.0.